The van der Waals surface area contributed by atoms with E-state index in [0.29, 0.717) is 5.95 Å². The van der Waals surface area contributed by atoms with Crippen LogP contribution in [0.4, 0.5) is 5.95 Å². The maximum atomic E-state index is 4.12. The summed E-state index contributed by atoms with van der Waals surface area (Å²) >= 11 is 2.18. The number of hydrogen-bond acceptors (Lipinski definition) is 4. The number of nitrogens with one attached hydrogen (secondary N) is 2. The van der Waals surface area contributed by atoms with Crippen LogP contribution in [0, 0.1) is 3.57 Å². The summed E-state index contributed by atoms with van der Waals surface area (Å²) in [7, 11) is 0. The van der Waals surface area contributed by atoms with Gasteiger partial charge in [-0.1, -0.05) is 6.92 Å². The van der Waals surface area contributed by atoms with Gasteiger partial charge in [-0.3, -0.25) is 0 Å². The van der Waals surface area contributed by atoms with Crippen LogP contribution < -0.4 is 10.6 Å². The minimum Gasteiger partial charge on any atom is -0.353 e. The van der Waals surface area contributed by atoms with Gasteiger partial charge >= 0.3 is 0 Å². The largest absolute Gasteiger partial charge is 0.353 e. The van der Waals surface area contributed by atoms with Gasteiger partial charge in [0.1, 0.15) is 0 Å². The summed E-state index contributed by atoms with van der Waals surface area (Å²) in [6.07, 6.45) is 3.59. The Hall–Kier alpha value is -0.430. The molecule has 0 radical (unpaired) electrons. The zero-order chi connectivity index (χ0) is 9.52. The molecule has 0 amide bonds. The van der Waals surface area contributed by atoms with E-state index in [-0.39, 0.29) is 0 Å². The highest BCUT2D eigenvalue weighted by molar-refractivity contribution is 14.1. The fourth-order valence-electron chi connectivity index (χ4n) is 0.843. The van der Waals surface area contributed by atoms with E-state index < -0.39 is 0 Å². The van der Waals surface area contributed by atoms with Gasteiger partial charge < -0.3 is 10.6 Å². The summed E-state index contributed by atoms with van der Waals surface area (Å²) in [6, 6.07) is 0. The molecule has 0 unspecified atom stereocenters. The van der Waals surface area contributed by atoms with E-state index in [4.69, 9.17) is 0 Å². The van der Waals surface area contributed by atoms with Crippen LogP contribution in [0.25, 0.3) is 0 Å². The highest BCUT2D eigenvalue weighted by Crippen LogP contribution is 2.01. The Balaban J connectivity index is 2.25. The number of halogens is 1. The van der Waals surface area contributed by atoms with Crippen LogP contribution in [0.1, 0.15) is 6.92 Å². The minimum absolute atomic E-state index is 0.693. The highest BCUT2D eigenvalue weighted by Gasteiger charge is 1.93. The van der Waals surface area contributed by atoms with Gasteiger partial charge in [-0.2, -0.15) is 0 Å². The molecule has 1 aromatic heterocycles. The molecule has 0 aliphatic heterocycles. The zero-order valence-corrected chi connectivity index (χ0v) is 9.71. The molecule has 0 bridgehead atoms. The van der Waals surface area contributed by atoms with Crippen LogP contribution in [0.3, 0.4) is 0 Å². The number of anilines is 1. The molecule has 5 heteroatoms. The fourth-order valence-corrected chi connectivity index (χ4v) is 1.12. The lowest BCUT2D eigenvalue weighted by atomic mass is 10.6. The standard InChI is InChI=1S/C8H13IN4/c1-2-10-3-4-11-8-12-5-7(9)6-13-8/h5-6,10H,2-4H2,1H3,(H,11,12,13). The van der Waals surface area contributed by atoms with Gasteiger partial charge in [0.15, 0.2) is 0 Å². The average molecular weight is 292 g/mol. The molecular weight excluding hydrogens is 279 g/mol. The maximum absolute atomic E-state index is 4.12. The molecule has 72 valence electrons. The predicted molar refractivity (Wildman–Crippen MR) is 61.8 cm³/mol. The molecule has 0 aliphatic carbocycles. The van der Waals surface area contributed by atoms with Crippen molar-refractivity contribution in [2.24, 2.45) is 0 Å². The van der Waals surface area contributed by atoms with Crippen molar-refractivity contribution in [3.63, 3.8) is 0 Å². The zero-order valence-electron chi connectivity index (χ0n) is 7.55. The van der Waals surface area contributed by atoms with Crippen molar-refractivity contribution >= 4 is 28.5 Å². The Morgan fingerprint density at radius 1 is 1.31 bits per heavy atom. The summed E-state index contributed by atoms with van der Waals surface area (Å²) in [6.45, 7) is 4.87. The van der Waals surface area contributed by atoms with Crippen molar-refractivity contribution < 1.29 is 0 Å². The Morgan fingerprint density at radius 2 is 2.00 bits per heavy atom. The van der Waals surface area contributed by atoms with Crippen LogP contribution in [0.15, 0.2) is 12.4 Å². The molecule has 1 rings (SSSR count). The Bertz CT molecular complexity index is 236. The Labute approximate surface area is 91.7 Å². The van der Waals surface area contributed by atoms with Crippen LogP contribution in [0.2, 0.25) is 0 Å². The summed E-state index contributed by atoms with van der Waals surface area (Å²) < 4.78 is 1.05. The van der Waals surface area contributed by atoms with Crippen molar-refractivity contribution in [3.8, 4) is 0 Å². The lowest BCUT2D eigenvalue weighted by Gasteiger charge is -2.03. The molecular formula is C8H13IN4. The molecule has 1 heterocycles. The molecule has 0 atom stereocenters. The van der Waals surface area contributed by atoms with Crippen molar-refractivity contribution in [1.82, 2.24) is 15.3 Å². The number of nitrogens with zero attached hydrogens (tertiary/aromatic N) is 2. The molecule has 0 spiro atoms. The van der Waals surface area contributed by atoms with Gasteiger partial charge in [0.2, 0.25) is 5.95 Å². The second-order valence-electron chi connectivity index (χ2n) is 2.51. The van der Waals surface area contributed by atoms with Crippen molar-refractivity contribution in [2.75, 3.05) is 25.0 Å². The molecule has 13 heavy (non-hydrogen) atoms. The topological polar surface area (TPSA) is 49.8 Å². The smallest absolute Gasteiger partial charge is 0.222 e. The fraction of sp³-hybridized carbons (Fsp3) is 0.500. The summed E-state index contributed by atoms with van der Waals surface area (Å²) in [5, 5.41) is 6.33. The predicted octanol–water partition coefficient (Wildman–Crippen LogP) is 1.10. The monoisotopic (exact) mass is 292 g/mol. The van der Waals surface area contributed by atoms with E-state index in [1.165, 1.54) is 0 Å². The van der Waals surface area contributed by atoms with Crippen molar-refractivity contribution in [3.05, 3.63) is 16.0 Å². The lowest BCUT2D eigenvalue weighted by molar-refractivity contribution is 0.736. The normalized spacial score (nSPS) is 10.0. The van der Waals surface area contributed by atoms with E-state index in [2.05, 4.69) is 50.1 Å². The van der Waals surface area contributed by atoms with Crippen LogP contribution in [-0.2, 0) is 0 Å². The van der Waals surface area contributed by atoms with Crippen LogP contribution in [-0.4, -0.2) is 29.6 Å². The first-order valence-electron chi connectivity index (χ1n) is 4.25. The Kier molecular flexibility index (Phi) is 4.99. The second kappa shape index (κ2) is 6.09. The lowest BCUT2D eigenvalue weighted by Crippen LogP contribution is -2.22. The number of hydrogen-bond donors (Lipinski definition) is 2. The van der Waals surface area contributed by atoms with Gasteiger partial charge in [-0.05, 0) is 29.1 Å². The quantitative estimate of drug-likeness (QED) is 0.630. The number of likely N-dealkylation sites (N-methyl/N-ethyl adjacent to an activating group) is 1. The van der Waals surface area contributed by atoms with E-state index in [9.17, 15) is 0 Å². The van der Waals surface area contributed by atoms with E-state index in [1.807, 2.05) is 0 Å². The number of aromatic nitrogens is 2. The first-order chi connectivity index (χ1) is 6.33. The molecule has 4 nitrogen and oxygen atoms in total. The molecule has 2 N–H and O–H groups in total. The van der Waals surface area contributed by atoms with Crippen LogP contribution >= 0.6 is 22.6 Å². The third-order valence-electron chi connectivity index (χ3n) is 1.46. The van der Waals surface area contributed by atoms with E-state index in [1.54, 1.807) is 12.4 Å². The maximum Gasteiger partial charge on any atom is 0.222 e. The Morgan fingerprint density at radius 3 is 2.62 bits per heavy atom. The van der Waals surface area contributed by atoms with Crippen LogP contribution in [0.5, 0.6) is 0 Å². The summed E-state index contributed by atoms with van der Waals surface area (Å²) in [4.78, 5) is 8.24. The summed E-state index contributed by atoms with van der Waals surface area (Å²) in [5.41, 5.74) is 0. The van der Waals surface area contributed by atoms with Gasteiger partial charge in [0.25, 0.3) is 0 Å². The van der Waals surface area contributed by atoms with Gasteiger partial charge in [-0.25, -0.2) is 9.97 Å². The van der Waals surface area contributed by atoms with Crippen molar-refractivity contribution in [2.45, 2.75) is 6.92 Å². The third kappa shape index (κ3) is 4.37. The first kappa shape index (κ1) is 10.6. The van der Waals surface area contributed by atoms with E-state index in [0.717, 1.165) is 23.2 Å². The second-order valence-corrected chi connectivity index (χ2v) is 3.75. The highest BCUT2D eigenvalue weighted by atomic mass is 127. The van der Waals surface area contributed by atoms with Crippen molar-refractivity contribution in [1.29, 1.82) is 0 Å². The summed E-state index contributed by atoms with van der Waals surface area (Å²) in [5.74, 6) is 0.693. The first-order valence-corrected chi connectivity index (χ1v) is 5.33. The SMILES string of the molecule is CCNCCNc1ncc(I)cn1. The van der Waals surface area contributed by atoms with E-state index >= 15 is 0 Å². The minimum atomic E-state index is 0.693. The molecule has 1 aromatic rings. The molecule has 0 saturated carbocycles. The molecule has 0 aliphatic rings. The molecule has 0 fully saturated rings. The molecule has 0 saturated heterocycles. The van der Waals surface area contributed by atoms with Gasteiger partial charge in [0, 0.05) is 29.1 Å². The average Bonchev–Trinajstić information content (AvgIpc) is 2.15. The third-order valence-corrected chi connectivity index (χ3v) is 2.01. The van der Waals surface area contributed by atoms with Gasteiger partial charge in [-0.15, -0.1) is 0 Å². The van der Waals surface area contributed by atoms with Gasteiger partial charge in [0.05, 0.1) is 0 Å². The number of rotatable bonds is 5. The molecule has 0 aromatic carbocycles.